The highest BCUT2D eigenvalue weighted by Gasteiger charge is 2.37. The summed E-state index contributed by atoms with van der Waals surface area (Å²) in [7, 11) is 0. The maximum atomic E-state index is 12.2. The van der Waals surface area contributed by atoms with Gasteiger partial charge in [0.25, 0.3) is 0 Å². The summed E-state index contributed by atoms with van der Waals surface area (Å²) >= 11 is 0. The third kappa shape index (κ3) is 4.36. The van der Waals surface area contributed by atoms with Crippen molar-refractivity contribution in [1.29, 1.82) is 0 Å². The molecule has 0 atom stereocenters. The van der Waals surface area contributed by atoms with Crippen LogP contribution in [-0.2, 0) is 19.8 Å². The average molecular weight is 336 g/mol. The Morgan fingerprint density at radius 2 is 1.96 bits per heavy atom. The molecule has 1 saturated carbocycles. The van der Waals surface area contributed by atoms with E-state index in [4.69, 9.17) is 9.47 Å². The minimum Gasteiger partial charge on any atom is -0.462 e. The van der Waals surface area contributed by atoms with Gasteiger partial charge < -0.3 is 9.47 Å². The van der Waals surface area contributed by atoms with Crippen LogP contribution in [0.3, 0.4) is 0 Å². The zero-order valence-electron chi connectivity index (χ0n) is 15.3. The van der Waals surface area contributed by atoms with Crippen molar-refractivity contribution in [1.82, 2.24) is 9.78 Å². The maximum absolute atomic E-state index is 12.2. The summed E-state index contributed by atoms with van der Waals surface area (Å²) in [5.41, 5.74) is -0.176. The molecule has 0 aliphatic heterocycles. The topological polar surface area (TPSA) is 70.4 Å². The van der Waals surface area contributed by atoms with Crippen molar-refractivity contribution < 1.29 is 19.1 Å². The first-order valence-electron chi connectivity index (χ1n) is 8.60. The monoisotopic (exact) mass is 336 g/mol. The molecule has 6 nitrogen and oxygen atoms in total. The molecule has 24 heavy (non-hydrogen) atoms. The molecule has 1 heterocycles. The fraction of sp³-hybridized carbons (Fsp3) is 0.722. The van der Waals surface area contributed by atoms with Gasteiger partial charge in [-0.1, -0.05) is 0 Å². The molecule has 0 spiro atoms. The summed E-state index contributed by atoms with van der Waals surface area (Å²) in [6.45, 7) is 9.90. The Kier molecular flexibility index (Phi) is 5.35. The molecule has 1 aliphatic carbocycles. The first-order valence-corrected chi connectivity index (χ1v) is 8.60. The van der Waals surface area contributed by atoms with Crippen LogP contribution < -0.4 is 0 Å². The van der Waals surface area contributed by atoms with Gasteiger partial charge in [0.1, 0.15) is 5.60 Å². The predicted octanol–water partition coefficient (Wildman–Crippen LogP) is 3.31. The summed E-state index contributed by atoms with van der Waals surface area (Å²) in [6.07, 6.45) is 6.46. The third-order valence-electron chi connectivity index (χ3n) is 4.45. The van der Waals surface area contributed by atoms with Gasteiger partial charge >= 0.3 is 11.9 Å². The standard InChI is InChI=1S/C18H28N2O4/c1-6-23-15(21)14-11-19-20(12-14)18(5)9-7-13(8-10-18)16(22)24-17(2,3)4/h11-13H,6-10H2,1-5H3. The van der Waals surface area contributed by atoms with Crippen molar-refractivity contribution >= 4 is 11.9 Å². The van der Waals surface area contributed by atoms with Crippen molar-refractivity contribution in [3.63, 3.8) is 0 Å². The number of rotatable bonds is 4. The summed E-state index contributed by atoms with van der Waals surface area (Å²) < 4.78 is 12.3. The molecule has 1 aromatic rings. The number of nitrogens with zero attached hydrogens (tertiary/aromatic N) is 2. The molecular formula is C18H28N2O4. The SMILES string of the molecule is CCOC(=O)c1cnn(C2(C)CCC(C(=O)OC(C)(C)C)CC2)c1. The Morgan fingerprint density at radius 1 is 1.33 bits per heavy atom. The van der Waals surface area contributed by atoms with Crippen LogP contribution in [0.1, 0.15) is 70.7 Å². The van der Waals surface area contributed by atoms with Crippen LogP contribution >= 0.6 is 0 Å². The number of carbonyl (C=O) groups is 2. The van der Waals surface area contributed by atoms with E-state index in [1.54, 1.807) is 19.3 Å². The lowest BCUT2D eigenvalue weighted by Gasteiger charge is -2.37. The van der Waals surface area contributed by atoms with E-state index >= 15 is 0 Å². The third-order valence-corrected chi connectivity index (χ3v) is 4.45. The van der Waals surface area contributed by atoms with E-state index in [2.05, 4.69) is 12.0 Å². The normalized spacial score (nSPS) is 24.5. The maximum Gasteiger partial charge on any atom is 0.341 e. The van der Waals surface area contributed by atoms with Gasteiger partial charge in [0.15, 0.2) is 0 Å². The number of ether oxygens (including phenoxy) is 2. The van der Waals surface area contributed by atoms with Crippen LogP contribution in [0.5, 0.6) is 0 Å². The van der Waals surface area contributed by atoms with Crippen LogP contribution in [-0.4, -0.2) is 33.9 Å². The molecule has 2 rings (SSSR count). The molecule has 0 saturated heterocycles. The molecule has 0 amide bonds. The van der Waals surface area contributed by atoms with Gasteiger partial charge in [-0.2, -0.15) is 5.10 Å². The number of carbonyl (C=O) groups excluding carboxylic acids is 2. The van der Waals surface area contributed by atoms with Gasteiger partial charge in [0, 0.05) is 6.20 Å². The van der Waals surface area contributed by atoms with Crippen LogP contribution in [0, 0.1) is 5.92 Å². The smallest absolute Gasteiger partial charge is 0.341 e. The first-order chi connectivity index (χ1) is 11.1. The molecule has 0 aromatic carbocycles. The van der Waals surface area contributed by atoms with Gasteiger partial charge in [-0.3, -0.25) is 9.48 Å². The first kappa shape index (κ1) is 18.5. The van der Waals surface area contributed by atoms with E-state index in [9.17, 15) is 9.59 Å². The zero-order valence-corrected chi connectivity index (χ0v) is 15.3. The molecule has 1 aromatic heterocycles. The van der Waals surface area contributed by atoms with Gasteiger partial charge in [-0.25, -0.2) is 4.79 Å². The Bertz CT molecular complexity index is 592. The minimum atomic E-state index is -0.450. The van der Waals surface area contributed by atoms with E-state index in [-0.39, 0.29) is 23.4 Å². The predicted molar refractivity (Wildman–Crippen MR) is 89.6 cm³/mol. The lowest BCUT2D eigenvalue weighted by Crippen LogP contribution is -2.38. The highest BCUT2D eigenvalue weighted by molar-refractivity contribution is 5.88. The van der Waals surface area contributed by atoms with Crippen molar-refractivity contribution in [2.45, 2.75) is 71.4 Å². The second-order valence-electron chi connectivity index (χ2n) is 7.70. The molecule has 0 bridgehead atoms. The summed E-state index contributed by atoms with van der Waals surface area (Å²) in [5, 5.41) is 4.34. The molecule has 1 fully saturated rings. The average Bonchev–Trinajstić information content (AvgIpc) is 2.97. The minimum absolute atomic E-state index is 0.0580. The molecule has 6 heteroatoms. The Hall–Kier alpha value is -1.85. The van der Waals surface area contributed by atoms with Gasteiger partial charge in [-0.15, -0.1) is 0 Å². The van der Waals surface area contributed by atoms with E-state index < -0.39 is 5.60 Å². The molecule has 0 radical (unpaired) electrons. The molecular weight excluding hydrogens is 308 g/mol. The van der Waals surface area contributed by atoms with Crippen molar-refractivity contribution in [2.24, 2.45) is 5.92 Å². The highest BCUT2D eigenvalue weighted by Crippen LogP contribution is 2.38. The number of hydrogen-bond donors (Lipinski definition) is 0. The fourth-order valence-corrected chi connectivity index (χ4v) is 3.03. The van der Waals surface area contributed by atoms with Crippen LogP contribution in [0.2, 0.25) is 0 Å². The summed E-state index contributed by atoms with van der Waals surface area (Å²) in [4.78, 5) is 24.0. The Labute approximate surface area is 143 Å². The molecule has 1 aliphatic rings. The van der Waals surface area contributed by atoms with Crippen LogP contribution in [0.25, 0.3) is 0 Å². The van der Waals surface area contributed by atoms with Crippen molar-refractivity contribution in [3.8, 4) is 0 Å². The lowest BCUT2D eigenvalue weighted by atomic mass is 9.77. The second kappa shape index (κ2) is 6.95. The van der Waals surface area contributed by atoms with Crippen molar-refractivity contribution in [3.05, 3.63) is 18.0 Å². The quantitative estimate of drug-likeness (QED) is 0.789. The molecule has 0 unspecified atom stereocenters. The Balaban J connectivity index is 1.99. The van der Waals surface area contributed by atoms with E-state index in [1.165, 1.54) is 0 Å². The fourth-order valence-electron chi connectivity index (χ4n) is 3.03. The van der Waals surface area contributed by atoms with Crippen LogP contribution in [0.4, 0.5) is 0 Å². The van der Waals surface area contributed by atoms with E-state index in [0.717, 1.165) is 25.7 Å². The van der Waals surface area contributed by atoms with E-state index in [1.807, 2.05) is 25.5 Å². The van der Waals surface area contributed by atoms with E-state index in [0.29, 0.717) is 12.2 Å². The summed E-state index contributed by atoms with van der Waals surface area (Å²) in [5.74, 6) is -0.524. The Morgan fingerprint density at radius 3 is 2.50 bits per heavy atom. The number of hydrogen-bond acceptors (Lipinski definition) is 5. The highest BCUT2D eigenvalue weighted by atomic mass is 16.6. The molecule has 0 N–H and O–H groups in total. The summed E-state index contributed by atoms with van der Waals surface area (Å²) in [6, 6.07) is 0. The number of aromatic nitrogens is 2. The van der Waals surface area contributed by atoms with Crippen LogP contribution in [0.15, 0.2) is 12.4 Å². The largest absolute Gasteiger partial charge is 0.462 e. The second-order valence-corrected chi connectivity index (χ2v) is 7.70. The van der Waals surface area contributed by atoms with Crippen molar-refractivity contribution in [2.75, 3.05) is 6.61 Å². The number of esters is 2. The lowest BCUT2D eigenvalue weighted by molar-refractivity contribution is -0.161. The van der Waals surface area contributed by atoms with Gasteiger partial charge in [-0.05, 0) is 60.3 Å². The zero-order chi connectivity index (χ0) is 18.0. The molecule has 134 valence electrons. The van der Waals surface area contributed by atoms with Gasteiger partial charge in [0.2, 0.25) is 0 Å². The van der Waals surface area contributed by atoms with Gasteiger partial charge in [0.05, 0.1) is 29.8 Å².